The van der Waals surface area contributed by atoms with Gasteiger partial charge in [-0.25, -0.2) is 13.1 Å². The fourth-order valence-corrected chi connectivity index (χ4v) is 4.84. The van der Waals surface area contributed by atoms with Crippen LogP contribution in [0.1, 0.15) is 24.8 Å². The molecule has 2 atom stereocenters. The Morgan fingerprint density at radius 2 is 1.74 bits per heavy atom. The van der Waals surface area contributed by atoms with Crippen molar-refractivity contribution in [1.29, 1.82) is 0 Å². The molecule has 0 bridgehead atoms. The first kappa shape index (κ1) is 20.6. The number of nitrogens with zero attached hydrogens (tertiary/aromatic N) is 2. The van der Waals surface area contributed by atoms with Gasteiger partial charge < -0.3 is 0 Å². The zero-order valence-corrected chi connectivity index (χ0v) is 15.8. The van der Waals surface area contributed by atoms with Gasteiger partial charge in [0.25, 0.3) is 5.69 Å². The molecule has 1 aromatic heterocycles. The van der Waals surface area contributed by atoms with Gasteiger partial charge in [-0.1, -0.05) is 30.4 Å². The van der Waals surface area contributed by atoms with Crippen molar-refractivity contribution in [2.75, 3.05) is 0 Å². The summed E-state index contributed by atoms with van der Waals surface area (Å²) in [6.45, 7) is 2.74. The predicted octanol–water partition coefficient (Wildman–Crippen LogP) is 2.81. The highest BCUT2D eigenvalue weighted by Gasteiger charge is 2.33. The number of nitro benzene ring substituents is 1. The second kappa shape index (κ2) is 7.90. The van der Waals surface area contributed by atoms with Crippen LogP contribution in [0.15, 0.2) is 41.3 Å². The van der Waals surface area contributed by atoms with Gasteiger partial charge in [0.2, 0.25) is 10.0 Å². The van der Waals surface area contributed by atoms with Gasteiger partial charge in [-0.05, 0) is 19.1 Å². The third-order valence-corrected chi connectivity index (χ3v) is 6.48. The number of benzene rings is 1. The highest BCUT2D eigenvalue weighted by molar-refractivity contribution is 7.89. The van der Waals surface area contributed by atoms with Crippen molar-refractivity contribution in [2.45, 2.75) is 24.8 Å². The van der Waals surface area contributed by atoms with E-state index in [-0.39, 0.29) is 15.7 Å². The third kappa shape index (κ3) is 4.53. The maximum absolute atomic E-state index is 12.8. The Bertz CT molecular complexity index is 1000. The Morgan fingerprint density at radius 3 is 2.26 bits per heavy atom. The molecule has 0 fully saturated rings. The minimum atomic E-state index is -4.38. The van der Waals surface area contributed by atoms with Gasteiger partial charge in [0.05, 0.1) is 15.9 Å². The Morgan fingerprint density at radius 1 is 1.11 bits per heavy atom. The van der Waals surface area contributed by atoms with Gasteiger partial charge in [0.15, 0.2) is 4.90 Å². The maximum Gasteiger partial charge on any atom is 0.324 e. The molecule has 1 heterocycles. The predicted molar refractivity (Wildman–Crippen MR) is 97.0 cm³/mol. The van der Waals surface area contributed by atoms with Crippen molar-refractivity contribution in [1.82, 2.24) is 4.72 Å². The largest absolute Gasteiger partial charge is 0.324 e. The van der Waals surface area contributed by atoms with Crippen LogP contribution in [0.3, 0.4) is 0 Å². The van der Waals surface area contributed by atoms with Crippen molar-refractivity contribution >= 4 is 37.8 Å². The van der Waals surface area contributed by atoms with Crippen molar-refractivity contribution in [3.05, 3.63) is 61.5 Å². The highest BCUT2D eigenvalue weighted by Crippen LogP contribution is 2.35. The molecule has 10 nitrogen and oxygen atoms in total. The number of carbonyl (C=O) groups is 1. The molecule has 0 aliphatic heterocycles. The first-order valence-corrected chi connectivity index (χ1v) is 9.85. The Hall–Kier alpha value is -2.70. The van der Waals surface area contributed by atoms with Crippen LogP contribution in [0.4, 0.5) is 10.7 Å². The van der Waals surface area contributed by atoms with E-state index in [1.54, 1.807) is 0 Å². The lowest BCUT2D eigenvalue weighted by atomic mass is 9.98. The van der Waals surface area contributed by atoms with Crippen LogP contribution in [0.2, 0.25) is 0 Å². The quantitative estimate of drug-likeness (QED) is 0.516. The van der Waals surface area contributed by atoms with Crippen LogP contribution in [0, 0.1) is 26.1 Å². The molecular formula is C15H15N3O7S2. The lowest BCUT2D eigenvalue weighted by Gasteiger charge is -2.22. The summed E-state index contributed by atoms with van der Waals surface area (Å²) in [5, 5.41) is 21.8. The smallest absolute Gasteiger partial charge is 0.300 e. The number of nitro groups is 2. The summed E-state index contributed by atoms with van der Waals surface area (Å²) in [6, 6.07) is 6.25. The summed E-state index contributed by atoms with van der Waals surface area (Å²) in [4.78, 5) is 32.1. The number of para-hydroxylation sites is 1. The fraction of sp³-hybridized carbons (Fsp3) is 0.267. The fourth-order valence-electron chi connectivity index (χ4n) is 2.31. The summed E-state index contributed by atoms with van der Waals surface area (Å²) in [7, 11) is -4.38. The van der Waals surface area contributed by atoms with Crippen LogP contribution >= 0.6 is 11.3 Å². The maximum atomic E-state index is 12.8. The third-order valence-electron chi connectivity index (χ3n) is 3.87. The molecule has 0 unspecified atom stereocenters. The number of hydrogen-bond acceptors (Lipinski definition) is 8. The lowest BCUT2D eigenvalue weighted by Crippen LogP contribution is -2.34. The van der Waals surface area contributed by atoms with Gasteiger partial charge in [-0.2, -0.15) is 0 Å². The second-order valence-corrected chi connectivity index (χ2v) is 8.43. The molecule has 0 aliphatic carbocycles. The van der Waals surface area contributed by atoms with Gasteiger partial charge >= 0.3 is 5.00 Å². The molecular weight excluding hydrogens is 398 g/mol. The standard InChI is InChI=1S/C15H15N3O7S2/c1-9(10(2)19)15(12-7-8-14(26-12)18(22)23)16-27(24,25)13-6-4-3-5-11(13)17(20)21/h3-9,15-16H,1-2H3/t9-,15+/m0/s1. The summed E-state index contributed by atoms with van der Waals surface area (Å²) < 4.78 is 27.8. The zero-order valence-electron chi connectivity index (χ0n) is 14.2. The Labute approximate surface area is 158 Å². The number of sulfonamides is 1. The Kier molecular flexibility index (Phi) is 6.03. The summed E-state index contributed by atoms with van der Waals surface area (Å²) >= 11 is 0.729. The number of Topliss-reactive ketones (excluding diaryl/α,β-unsaturated/α-hetero) is 1. The van der Waals surface area contributed by atoms with Crippen LogP contribution in [-0.2, 0) is 14.8 Å². The van der Waals surface area contributed by atoms with Crippen LogP contribution in [-0.4, -0.2) is 24.0 Å². The molecule has 1 N–H and O–H groups in total. The van der Waals surface area contributed by atoms with Crippen LogP contribution < -0.4 is 4.72 Å². The number of carbonyl (C=O) groups excluding carboxylic acids is 1. The zero-order chi connectivity index (χ0) is 20.4. The summed E-state index contributed by atoms with van der Waals surface area (Å²) in [5.74, 6) is -1.19. The molecule has 144 valence electrons. The summed E-state index contributed by atoms with van der Waals surface area (Å²) in [6.07, 6.45) is 0. The molecule has 0 saturated heterocycles. The van der Waals surface area contributed by atoms with E-state index >= 15 is 0 Å². The number of nitrogens with one attached hydrogen (secondary N) is 1. The van der Waals surface area contributed by atoms with Gasteiger partial charge in [0.1, 0.15) is 5.78 Å². The SMILES string of the molecule is CC(=O)[C@H](C)[C@@H](NS(=O)(=O)c1ccccc1[N+](=O)[O-])c1ccc([N+](=O)[O-])s1. The number of hydrogen-bond donors (Lipinski definition) is 1. The van der Waals surface area contributed by atoms with Crippen molar-refractivity contribution in [3.8, 4) is 0 Å². The van der Waals surface area contributed by atoms with Gasteiger partial charge in [-0.3, -0.25) is 25.0 Å². The number of thiophene rings is 1. The van der Waals surface area contributed by atoms with E-state index < -0.39 is 42.4 Å². The molecule has 0 aliphatic rings. The molecule has 12 heteroatoms. The molecule has 0 spiro atoms. The van der Waals surface area contributed by atoms with Crippen molar-refractivity contribution < 1.29 is 23.1 Å². The van der Waals surface area contributed by atoms with Crippen molar-refractivity contribution in [2.24, 2.45) is 5.92 Å². The number of ketones is 1. The van der Waals surface area contributed by atoms with Crippen LogP contribution in [0.5, 0.6) is 0 Å². The second-order valence-electron chi connectivity index (χ2n) is 5.66. The average Bonchev–Trinajstić information content (AvgIpc) is 3.09. The first-order chi connectivity index (χ1) is 12.5. The molecule has 2 aromatic rings. The van der Waals surface area contributed by atoms with E-state index in [1.165, 1.54) is 38.1 Å². The highest BCUT2D eigenvalue weighted by atomic mass is 32.2. The average molecular weight is 413 g/mol. The topological polar surface area (TPSA) is 150 Å². The number of rotatable bonds is 8. The van der Waals surface area contributed by atoms with Gasteiger partial charge in [-0.15, -0.1) is 0 Å². The normalized spacial score (nSPS) is 13.7. The molecule has 2 rings (SSSR count). The summed E-state index contributed by atoms with van der Waals surface area (Å²) in [5.41, 5.74) is -0.614. The molecule has 27 heavy (non-hydrogen) atoms. The minimum Gasteiger partial charge on any atom is -0.300 e. The minimum absolute atomic E-state index is 0.212. The first-order valence-electron chi connectivity index (χ1n) is 7.55. The van der Waals surface area contributed by atoms with Crippen molar-refractivity contribution in [3.63, 3.8) is 0 Å². The van der Waals surface area contributed by atoms with E-state index in [4.69, 9.17) is 0 Å². The van der Waals surface area contributed by atoms with E-state index in [0.29, 0.717) is 0 Å². The molecule has 1 aromatic carbocycles. The van der Waals surface area contributed by atoms with E-state index in [2.05, 4.69) is 4.72 Å². The monoisotopic (exact) mass is 413 g/mol. The molecule has 0 saturated carbocycles. The van der Waals surface area contributed by atoms with E-state index in [1.807, 2.05) is 0 Å². The molecule has 0 radical (unpaired) electrons. The molecule has 0 amide bonds. The van der Waals surface area contributed by atoms with Crippen LogP contribution in [0.25, 0.3) is 0 Å². The van der Waals surface area contributed by atoms with Gasteiger partial charge in [0, 0.05) is 22.9 Å². The Balaban J connectivity index is 2.50. The van der Waals surface area contributed by atoms with E-state index in [9.17, 15) is 33.4 Å². The lowest BCUT2D eigenvalue weighted by molar-refractivity contribution is -0.387. The van der Waals surface area contributed by atoms with E-state index in [0.717, 1.165) is 23.5 Å².